The van der Waals surface area contributed by atoms with Crippen molar-refractivity contribution in [3.8, 4) is 0 Å². The molecule has 0 saturated heterocycles. The highest BCUT2D eigenvalue weighted by Crippen LogP contribution is 1.94. The Bertz CT molecular complexity index is 237. The van der Waals surface area contributed by atoms with Crippen molar-refractivity contribution in [2.45, 2.75) is 26.3 Å². The summed E-state index contributed by atoms with van der Waals surface area (Å²) in [7, 11) is 0. The Morgan fingerprint density at radius 1 is 1.27 bits per heavy atom. The van der Waals surface area contributed by atoms with Crippen LogP contribution in [0.3, 0.4) is 0 Å². The van der Waals surface area contributed by atoms with Gasteiger partial charge in [-0.25, -0.2) is 0 Å². The molecule has 86 valence electrons. The van der Waals surface area contributed by atoms with E-state index in [0.29, 0.717) is 13.1 Å². The number of Topliss-reactive ketones (excluding diaryl/α,β-unsaturated/α-hetero) is 1. The zero-order valence-corrected chi connectivity index (χ0v) is 9.00. The quantitative estimate of drug-likeness (QED) is 0.504. The molecule has 0 spiro atoms. The maximum atomic E-state index is 11.4. The standard InChI is InChI=1S/C9H17N3O3/c1-6(13)5-8(12-7(2)14)9(15)11-4-3-10/h8H,3-5,10H2,1-2H3,(H,11,15)(H,12,14). The lowest BCUT2D eigenvalue weighted by atomic mass is 10.1. The van der Waals surface area contributed by atoms with E-state index in [4.69, 9.17) is 5.73 Å². The molecular weight excluding hydrogens is 198 g/mol. The van der Waals surface area contributed by atoms with E-state index in [0.717, 1.165) is 0 Å². The van der Waals surface area contributed by atoms with Crippen LogP contribution in [0.1, 0.15) is 20.3 Å². The molecule has 2 amide bonds. The van der Waals surface area contributed by atoms with Gasteiger partial charge in [0.2, 0.25) is 11.8 Å². The summed E-state index contributed by atoms with van der Waals surface area (Å²) < 4.78 is 0. The van der Waals surface area contributed by atoms with Crippen molar-refractivity contribution in [1.29, 1.82) is 0 Å². The lowest BCUT2D eigenvalue weighted by Crippen LogP contribution is -2.47. The highest BCUT2D eigenvalue weighted by atomic mass is 16.2. The van der Waals surface area contributed by atoms with Gasteiger partial charge < -0.3 is 16.4 Å². The molecular formula is C9H17N3O3. The lowest BCUT2D eigenvalue weighted by molar-refractivity contribution is -0.130. The summed E-state index contributed by atoms with van der Waals surface area (Å²) in [4.78, 5) is 33.1. The Morgan fingerprint density at radius 3 is 2.27 bits per heavy atom. The third-order valence-corrected chi connectivity index (χ3v) is 1.63. The fourth-order valence-corrected chi connectivity index (χ4v) is 1.06. The van der Waals surface area contributed by atoms with Crippen molar-refractivity contribution >= 4 is 17.6 Å². The summed E-state index contributed by atoms with van der Waals surface area (Å²) in [5.41, 5.74) is 5.21. The van der Waals surface area contributed by atoms with Crippen LogP contribution in [0.25, 0.3) is 0 Å². The maximum absolute atomic E-state index is 11.4. The molecule has 1 atom stereocenters. The van der Waals surface area contributed by atoms with Crippen LogP contribution in [-0.2, 0) is 14.4 Å². The first kappa shape index (κ1) is 13.6. The Balaban J connectivity index is 4.26. The van der Waals surface area contributed by atoms with Gasteiger partial charge in [0.15, 0.2) is 0 Å². The van der Waals surface area contributed by atoms with Gasteiger partial charge in [-0.3, -0.25) is 14.4 Å². The van der Waals surface area contributed by atoms with Crippen LogP contribution in [0, 0.1) is 0 Å². The minimum atomic E-state index is -0.799. The monoisotopic (exact) mass is 215 g/mol. The lowest BCUT2D eigenvalue weighted by Gasteiger charge is -2.15. The van der Waals surface area contributed by atoms with E-state index in [1.165, 1.54) is 13.8 Å². The molecule has 0 aliphatic heterocycles. The number of hydrogen-bond acceptors (Lipinski definition) is 4. The molecule has 0 radical (unpaired) electrons. The number of ketones is 1. The van der Waals surface area contributed by atoms with Crippen molar-refractivity contribution in [2.24, 2.45) is 5.73 Å². The van der Waals surface area contributed by atoms with Crippen molar-refractivity contribution in [1.82, 2.24) is 10.6 Å². The number of amides is 2. The predicted molar refractivity (Wildman–Crippen MR) is 55.0 cm³/mol. The molecule has 6 nitrogen and oxygen atoms in total. The van der Waals surface area contributed by atoms with E-state index < -0.39 is 6.04 Å². The largest absolute Gasteiger partial charge is 0.353 e. The van der Waals surface area contributed by atoms with Crippen molar-refractivity contribution in [3.63, 3.8) is 0 Å². The molecule has 0 fully saturated rings. The number of rotatable bonds is 6. The third kappa shape index (κ3) is 6.62. The average Bonchev–Trinajstić information content (AvgIpc) is 2.11. The van der Waals surface area contributed by atoms with Crippen molar-refractivity contribution in [2.75, 3.05) is 13.1 Å². The van der Waals surface area contributed by atoms with Crippen molar-refractivity contribution < 1.29 is 14.4 Å². The Kier molecular flexibility index (Phi) is 6.28. The zero-order valence-electron chi connectivity index (χ0n) is 9.00. The fraction of sp³-hybridized carbons (Fsp3) is 0.667. The van der Waals surface area contributed by atoms with Crippen LogP contribution in [0.15, 0.2) is 0 Å². The average molecular weight is 215 g/mol. The molecule has 0 bridgehead atoms. The van der Waals surface area contributed by atoms with Gasteiger partial charge in [-0.2, -0.15) is 0 Å². The van der Waals surface area contributed by atoms with Gasteiger partial charge in [-0.15, -0.1) is 0 Å². The highest BCUT2D eigenvalue weighted by Gasteiger charge is 2.20. The molecule has 4 N–H and O–H groups in total. The van der Waals surface area contributed by atoms with E-state index in [9.17, 15) is 14.4 Å². The Hall–Kier alpha value is -1.43. The van der Waals surface area contributed by atoms with Gasteiger partial charge in [0.05, 0.1) is 0 Å². The normalized spacial score (nSPS) is 11.7. The Labute approximate surface area is 88.6 Å². The van der Waals surface area contributed by atoms with Gasteiger partial charge in [0, 0.05) is 26.4 Å². The summed E-state index contributed by atoms with van der Waals surface area (Å²) in [5, 5.41) is 4.92. The van der Waals surface area contributed by atoms with Crippen LogP contribution >= 0.6 is 0 Å². The molecule has 0 aliphatic carbocycles. The van der Waals surface area contributed by atoms with E-state index in [1.807, 2.05) is 0 Å². The summed E-state index contributed by atoms with van der Waals surface area (Å²) >= 11 is 0. The minimum absolute atomic E-state index is 0.00398. The van der Waals surface area contributed by atoms with Crippen LogP contribution in [0.2, 0.25) is 0 Å². The maximum Gasteiger partial charge on any atom is 0.243 e. The first-order chi connectivity index (χ1) is 6.97. The summed E-state index contributed by atoms with van der Waals surface area (Å²) in [6.45, 7) is 3.31. The van der Waals surface area contributed by atoms with Crippen LogP contribution in [0.4, 0.5) is 0 Å². The van der Waals surface area contributed by atoms with Gasteiger partial charge in [-0.05, 0) is 6.92 Å². The smallest absolute Gasteiger partial charge is 0.243 e. The summed E-state index contributed by atoms with van der Waals surface area (Å²) in [5.74, 6) is -0.883. The van der Waals surface area contributed by atoms with Crippen LogP contribution in [0.5, 0.6) is 0 Å². The van der Waals surface area contributed by atoms with E-state index in [1.54, 1.807) is 0 Å². The SMILES string of the molecule is CC(=O)CC(NC(C)=O)C(=O)NCCN. The molecule has 15 heavy (non-hydrogen) atoms. The van der Waals surface area contributed by atoms with Gasteiger partial charge >= 0.3 is 0 Å². The summed E-state index contributed by atoms with van der Waals surface area (Å²) in [6.07, 6.45) is -0.00398. The molecule has 1 unspecified atom stereocenters. The molecule has 6 heteroatoms. The van der Waals surface area contributed by atoms with E-state index in [2.05, 4.69) is 10.6 Å². The van der Waals surface area contributed by atoms with E-state index >= 15 is 0 Å². The van der Waals surface area contributed by atoms with Gasteiger partial charge in [0.25, 0.3) is 0 Å². The first-order valence-electron chi connectivity index (χ1n) is 4.71. The molecule has 0 aliphatic rings. The molecule has 0 heterocycles. The topological polar surface area (TPSA) is 101 Å². The fourth-order valence-electron chi connectivity index (χ4n) is 1.06. The minimum Gasteiger partial charge on any atom is -0.353 e. The zero-order chi connectivity index (χ0) is 11.8. The van der Waals surface area contributed by atoms with Gasteiger partial charge in [-0.1, -0.05) is 0 Å². The second-order valence-corrected chi connectivity index (χ2v) is 3.24. The molecule has 0 rings (SSSR count). The second kappa shape index (κ2) is 6.94. The molecule has 0 aromatic heterocycles. The first-order valence-corrected chi connectivity index (χ1v) is 4.71. The number of hydrogen-bond donors (Lipinski definition) is 3. The van der Waals surface area contributed by atoms with Gasteiger partial charge in [0.1, 0.15) is 11.8 Å². The number of carbonyl (C=O) groups excluding carboxylic acids is 3. The molecule has 0 aromatic rings. The van der Waals surface area contributed by atoms with E-state index in [-0.39, 0.29) is 24.0 Å². The molecule has 0 aromatic carbocycles. The second-order valence-electron chi connectivity index (χ2n) is 3.24. The summed E-state index contributed by atoms with van der Waals surface area (Å²) in [6, 6.07) is -0.799. The predicted octanol–water partition coefficient (Wildman–Crippen LogP) is -1.45. The molecule has 0 saturated carbocycles. The Morgan fingerprint density at radius 2 is 1.87 bits per heavy atom. The van der Waals surface area contributed by atoms with Crippen LogP contribution < -0.4 is 16.4 Å². The highest BCUT2D eigenvalue weighted by molar-refractivity contribution is 5.91. The number of nitrogens with one attached hydrogen (secondary N) is 2. The third-order valence-electron chi connectivity index (χ3n) is 1.63. The number of carbonyl (C=O) groups is 3. The number of nitrogens with two attached hydrogens (primary N) is 1. The van der Waals surface area contributed by atoms with Crippen LogP contribution in [-0.4, -0.2) is 36.7 Å². The van der Waals surface area contributed by atoms with Crippen molar-refractivity contribution in [3.05, 3.63) is 0 Å².